The minimum Gasteiger partial charge on any atom is -0.390 e. The normalized spacial score (nSPS) is 29.3. The van der Waals surface area contributed by atoms with Gasteiger partial charge in [-0.2, -0.15) is 0 Å². The van der Waals surface area contributed by atoms with Crippen LogP contribution in [0.25, 0.3) is 0 Å². The Hall–Kier alpha value is -0.650. The van der Waals surface area contributed by atoms with Gasteiger partial charge in [-0.05, 0) is 25.8 Å². The van der Waals surface area contributed by atoms with Crippen molar-refractivity contribution in [2.45, 2.75) is 38.7 Å². The van der Waals surface area contributed by atoms with E-state index >= 15 is 0 Å². The number of hydrogen-bond donors (Lipinski definition) is 1. The van der Waals surface area contributed by atoms with Crippen molar-refractivity contribution >= 4 is 5.91 Å². The zero-order valence-corrected chi connectivity index (χ0v) is 14.5. The van der Waals surface area contributed by atoms with Crippen molar-refractivity contribution in [3.8, 4) is 0 Å². The highest BCUT2D eigenvalue weighted by Crippen LogP contribution is 2.29. The molecule has 0 bridgehead atoms. The van der Waals surface area contributed by atoms with Crippen molar-refractivity contribution in [1.29, 1.82) is 0 Å². The van der Waals surface area contributed by atoms with Gasteiger partial charge in [-0.25, -0.2) is 0 Å². The summed E-state index contributed by atoms with van der Waals surface area (Å²) in [6, 6.07) is 0. The molecule has 1 saturated heterocycles. The third-order valence-electron chi connectivity index (χ3n) is 5.21. The predicted octanol–water partition coefficient (Wildman–Crippen LogP) is 0.879. The molecule has 0 aromatic carbocycles. The fourth-order valence-electron chi connectivity index (χ4n) is 3.76. The van der Waals surface area contributed by atoms with Crippen molar-refractivity contribution in [1.82, 2.24) is 14.7 Å². The quantitative estimate of drug-likeness (QED) is 0.819. The van der Waals surface area contributed by atoms with Crippen molar-refractivity contribution in [2.24, 2.45) is 11.8 Å². The van der Waals surface area contributed by atoms with Gasteiger partial charge >= 0.3 is 0 Å². The molecule has 1 heterocycles. The molecule has 2 rings (SSSR count). The van der Waals surface area contributed by atoms with Crippen LogP contribution in [0.3, 0.4) is 0 Å². The first kappa shape index (κ1) is 17.7. The number of β-amino-alcohol motifs (C(OH)–C–C–N with tert-alkyl or cyclic N) is 1. The third-order valence-corrected chi connectivity index (χ3v) is 5.21. The van der Waals surface area contributed by atoms with Crippen molar-refractivity contribution in [3.63, 3.8) is 0 Å². The maximum atomic E-state index is 12.5. The lowest BCUT2D eigenvalue weighted by molar-refractivity contribution is -0.137. The van der Waals surface area contributed by atoms with Gasteiger partial charge in [0.05, 0.1) is 6.10 Å². The van der Waals surface area contributed by atoms with E-state index in [4.69, 9.17) is 0 Å². The van der Waals surface area contributed by atoms with Gasteiger partial charge in [-0.15, -0.1) is 0 Å². The highest BCUT2D eigenvalue weighted by atomic mass is 16.3. The standard InChI is InChI=1S/C17H33N3O2/c1-14-5-4-6-15(11-14)17(22)19(3)12-16(21)13-20-9-7-18(2)8-10-20/h14-16,21H,4-13H2,1-3H3. The van der Waals surface area contributed by atoms with E-state index in [2.05, 4.69) is 23.8 Å². The largest absolute Gasteiger partial charge is 0.390 e. The van der Waals surface area contributed by atoms with E-state index in [9.17, 15) is 9.90 Å². The summed E-state index contributed by atoms with van der Waals surface area (Å²) in [5.74, 6) is 1.06. The summed E-state index contributed by atoms with van der Waals surface area (Å²) in [6.45, 7) is 7.49. The second-order valence-corrected chi connectivity index (χ2v) is 7.45. The molecule has 1 N–H and O–H groups in total. The molecular formula is C17H33N3O2. The zero-order valence-electron chi connectivity index (χ0n) is 14.5. The van der Waals surface area contributed by atoms with Gasteiger partial charge in [0.25, 0.3) is 0 Å². The molecule has 0 aromatic heterocycles. The van der Waals surface area contributed by atoms with Gasteiger partial charge in [-0.3, -0.25) is 9.69 Å². The fourth-order valence-corrected chi connectivity index (χ4v) is 3.76. The Morgan fingerprint density at radius 3 is 2.59 bits per heavy atom. The zero-order chi connectivity index (χ0) is 16.1. The Kier molecular flexibility index (Phi) is 6.66. The number of aliphatic hydroxyl groups is 1. The van der Waals surface area contributed by atoms with Crippen LogP contribution in [0.2, 0.25) is 0 Å². The molecule has 3 atom stereocenters. The third kappa shape index (κ3) is 5.21. The summed E-state index contributed by atoms with van der Waals surface area (Å²) >= 11 is 0. The van der Waals surface area contributed by atoms with E-state index in [1.807, 2.05) is 7.05 Å². The van der Waals surface area contributed by atoms with E-state index in [1.54, 1.807) is 4.90 Å². The minimum atomic E-state index is -0.446. The van der Waals surface area contributed by atoms with Crippen LogP contribution in [0.4, 0.5) is 0 Å². The minimum absolute atomic E-state index is 0.171. The number of nitrogens with zero attached hydrogens (tertiary/aromatic N) is 3. The molecule has 2 aliphatic rings. The van der Waals surface area contributed by atoms with Crippen LogP contribution >= 0.6 is 0 Å². The first-order chi connectivity index (χ1) is 10.5. The van der Waals surface area contributed by atoms with Crippen LogP contribution in [0, 0.1) is 11.8 Å². The van der Waals surface area contributed by atoms with E-state index in [-0.39, 0.29) is 11.8 Å². The molecular weight excluding hydrogens is 278 g/mol. The van der Waals surface area contributed by atoms with Crippen LogP contribution < -0.4 is 0 Å². The topological polar surface area (TPSA) is 47.0 Å². The van der Waals surface area contributed by atoms with Gasteiger partial charge < -0.3 is 14.9 Å². The molecule has 3 unspecified atom stereocenters. The van der Waals surface area contributed by atoms with Gasteiger partial charge in [0.2, 0.25) is 5.91 Å². The second-order valence-electron chi connectivity index (χ2n) is 7.45. The maximum absolute atomic E-state index is 12.5. The first-order valence-electron chi connectivity index (χ1n) is 8.79. The summed E-state index contributed by atoms with van der Waals surface area (Å²) in [5.41, 5.74) is 0. The van der Waals surface area contributed by atoms with Crippen molar-refractivity contribution < 1.29 is 9.90 Å². The highest BCUT2D eigenvalue weighted by molar-refractivity contribution is 5.78. The lowest BCUT2D eigenvalue weighted by Crippen LogP contribution is -2.49. The van der Waals surface area contributed by atoms with Crippen LogP contribution in [0.1, 0.15) is 32.6 Å². The van der Waals surface area contributed by atoms with Crippen LogP contribution in [0.15, 0.2) is 0 Å². The first-order valence-corrected chi connectivity index (χ1v) is 8.79. The van der Waals surface area contributed by atoms with E-state index in [0.717, 1.165) is 45.4 Å². The smallest absolute Gasteiger partial charge is 0.225 e. The van der Waals surface area contributed by atoms with Crippen LogP contribution in [-0.2, 0) is 4.79 Å². The molecule has 5 nitrogen and oxygen atoms in total. The van der Waals surface area contributed by atoms with Gasteiger partial charge in [0, 0.05) is 52.2 Å². The second kappa shape index (κ2) is 8.27. The average molecular weight is 311 g/mol. The van der Waals surface area contributed by atoms with Crippen molar-refractivity contribution in [3.05, 3.63) is 0 Å². The monoisotopic (exact) mass is 311 g/mol. The summed E-state index contributed by atoms with van der Waals surface area (Å²) in [5, 5.41) is 10.3. The molecule has 1 aliphatic heterocycles. The fraction of sp³-hybridized carbons (Fsp3) is 0.941. The maximum Gasteiger partial charge on any atom is 0.225 e. The van der Waals surface area contributed by atoms with Crippen LogP contribution in [0.5, 0.6) is 0 Å². The molecule has 2 fully saturated rings. The Morgan fingerprint density at radius 2 is 1.95 bits per heavy atom. The van der Waals surface area contributed by atoms with Crippen LogP contribution in [-0.4, -0.2) is 85.2 Å². The lowest BCUT2D eigenvalue weighted by atomic mass is 9.82. The molecule has 0 radical (unpaired) electrons. The molecule has 1 amide bonds. The number of amides is 1. The molecule has 128 valence electrons. The molecule has 0 spiro atoms. The molecule has 1 aliphatic carbocycles. The number of carbonyl (C=O) groups is 1. The Bertz CT molecular complexity index is 356. The van der Waals surface area contributed by atoms with E-state index < -0.39 is 6.10 Å². The Labute approximate surface area is 135 Å². The number of likely N-dealkylation sites (N-methyl/N-ethyl adjacent to an activating group) is 2. The van der Waals surface area contributed by atoms with E-state index in [0.29, 0.717) is 19.0 Å². The Balaban J connectivity index is 1.73. The Morgan fingerprint density at radius 1 is 1.27 bits per heavy atom. The molecule has 1 saturated carbocycles. The summed E-state index contributed by atoms with van der Waals surface area (Å²) < 4.78 is 0. The SMILES string of the molecule is CC1CCCC(C(=O)N(C)CC(O)CN2CCN(C)CC2)C1. The number of piperazine rings is 1. The number of hydrogen-bond acceptors (Lipinski definition) is 4. The number of aliphatic hydroxyl groups excluding tert-OH is 1. The summed E-state index contributed by atoms with van der Waals surface area (Å²) in [6.07, 6.45) is 3.99. The number of carbonyl (C=O) groups excluding carboxylic acids is 1. The van der Waals surface area contributed by atoms with E-state index in [1.165, 1.54) is 6.42 Å². The summed E-state index contributed by atoms with van der Waals surface area (Å²) in [7, 11) is 3.97. The summed E-state index contributed by atoms with van der Waals surface area (Å²) in [4.78, 5) is 18.9. The van der Waals surface area contributed by atoms with Gasteiger partial charge in [-0.1, -0.05) is 19.8 Å². The average Bonchev–Trinajstić information content (AvgIpc) is 2.48. The van der Waals surface area contributed by atoms with Gasteiger partial charge in [0.15, 0.2) is 0 Å². The number of rotatable bonds is 5. The van der Waals surface area contributed by atoms with Crippen molar-refractivity contribution in [2.75, 3.05) is 53.4 Å². The molecule has 0 aromatic rings. The lowest BCUT2D eigenvalue weighted by Gasteiger charge is -2.35. The molecule has 5 heteroatoms. The predicted molar refractivity (Wildman–Crippen MR) is 88.7 cm³/mol. The highest BCUT2D eigenvalue weighted by Gasteiger charge is 2.28. The molecule has 22 heavy (non-hydrogen) atoms. The van der Waals surface area contributed by atoms with Gasteiger partial charge in [0.1, 0.15) is 0 Å².